The Labute approximate surface area is 158 Å². The number of carbonyl (C=O) groups is 1. The summed E-state index contributed by atoms with van der Waals surface area (Å²) in [5.74, 6) is 0.829. The first-order chi connectivity index (χ1) is 12.7. The summed E-state index contributed by atoms with van der Waals surface area (Å²) in [6.07, 6.45) is 5.67. The fourth-order valence-corrected chi connectivity index (χ4v) is 5.12. The van der Waals surface area contributed by atoms with Gasteiger partial charge in [-0.05, 0) is 60.0 Å². The van der Waals surface area contributed by atoms with Crippen LogP contribution in [0.15, 0.2) is 41.8 Å². The van der Waals surface area contributed by atoms with Crippen LogP contribution in [0.25, 0.3) is 0 Å². The van der Waals surface area contributed by atoms with Crippen molar-refractivity contribution in [3.8, 4) is 0 Å². The smallest absolute Gasteiger partial charge is 0.251 e. The number of nitrogens with one attached hydrogen (secondary N) is 2. The molecule has 2 aliphatic rings. The molecule has 4 rings (SSSR count). The molecule has 0 saturated heterocycles. The van der Waals surface area contributed by atoms with Crippen LogP contribution in [0.1, 0.15) is 44.7 Å². The van der Waals surface area contributed by atoms with Gasteiger partial charge in [0, 0.05) is 35.7 Å². The Hall–Kier alpha value is -2.11. The van der Waals surface area contributed by atoms with Gasteiger partial charge in [-0.15, -0.1) is 11.3 Å². The summed E-state index contributed by atoms with van der Waals surface area (Å²) in [6.45, 7) is 3.23. The first-order valence-electron chi connectivity index (χ1n) is 9.07. The number of fused-ring (bicyclic) bond motifs is 3. The van der Waals surface area contributed by atoms with Crippen LogP contribution >= 0.6 is 11.3 Å². The van der Waals surface area contributed by atoms with Crippen molar-refractivity contribution in [3.63, 3.8) is 0 Å². The van der Waals surface area contributed by atoms with Crippen LogP contribution < -0.4 is 10.6 Å². The van der Waals surface area contributed by atoms with Crippen LogP contribution in [0.3, 0.4) is 0 Å². The standard InChI is InChI=1S/C21H24N2O2S/c1-13-8-11-26-20(13)19-16-5-3-4-15(16)17-12-14(6-7-18(17)23-19)21(24)22-9-10-25-2/h3-4,6-8,11-12,15-16,19,23H,5,9-10H2,1-2H3,(H,22,24). The van der Waals surface area contributed by atoms with Crippen molar-refractivity contribution >= 4 is 22.9 Å². The van der Waals surface area contributed by atoms with Gasteiger partial charge >= 0.3 is 0 Å². The summed E-state index contributed by atoms with van der Waals surface area (Å²) in [5, 5.41) is 8.83. The normalized spacial score (nSPS) is 23.2. The van der Waals surface area contributed by atoms with Gasteiger partial charge in [-0.2, -0.15) is 0 Å². The predicted molar refractivity (Wildman–Crippen MR) is 106 cm³/mol. The van der Waals surface area contributed by atoms with Gasteiger partial charge in [0.25, 0.3) is 5.91 Å². The number of hydrogen-bond acceptors (Lipinski definition) is 4. The third-order valence-electron chi connectivity index (χ3n) is 5.40. The second-order valence-electron chi connectivity index (χ2n) is 6.99. The van der Waals surface area contributed by atoms with Crippen molar-refractivity contribution in [3.05, 3.63) is 63.4 Å². The summed E-state index contributed by atoms with van der Waals surface area (Å²) < 4.78 is 5.00. The van der Waals surface area contributed by atoms with E-state index in [1.807, 2.05) is 17.4 Å². The van der Waals surface area contributed by atoms with E-state index < -0.39 is 0 Å². The Balaban J connectivity index is 1.63. The number of thiophene rings is 1. The monoisotopic (exact) mass is 368 g/mol. The molecule has 0 radical (unpaired) electrons. The number of methoxy groups -OCH3 is 1. The SMILES string of the molecule is COCCNC(=O)c1ccc2c(c1)C1C=CCC1C(c1sccc1C)N2. The zero-order valence-electron chi connectivity index (χ0n) is 15.1. The van der Waals surface area contributed by atoms with Gasteiger partial charge in [-0.1, -0.05) is 12.2 Å². The van der Waals surface area contributed by atoms with Crippen molar-refractivity contribution in [1.29, 1.82) is 0 Å². The summed E-state index contributed by atoms with van der Waals surface area (Å²) in [6, 6.07) is 8.55. The maximum Gasteiger partial charge on any atom is 0.251 e. The Morgan fingerprint density at radius 3 is 3.04 bits per heavy atom. The van der Waals surface area contributed by atoms with Gasteiger partial charge in [-0.3, -0.25) is 4.79 Å². The van der Waals surface area contributed by atoms with Crippen molar-refractivity contribution in [2.75, 3.05) is 25.6 Å². The maximum atomic E-state index is 12.4. The van der Waals surface area contributed by atoms with E-state index >= 15 is 0 Å². The number of aryl methyl sites for hydroxylation is 1. The van der Waals surface area contributed by atoms with Gasteiger partial charge < -0.3 is 15.4 Å². The zero-order chi connectivity index (χ0) is 18.1. The van der Waals surface area contributed by atoms with E-state index in [1.165, 1.54) is 16.0 Å². The van der Waals surface area contributed by atoms with Crippen molar-refractivity contribution < 1.29 is 9.53 Å². The molecule has 1 aromatic carbocycles. The van der Waals surface area contributed by atoms with Crippen molar-refractivity contribution in [1.82, 2.24) is 5.32 Å². The third kappa shape index (κ3) is 3.06. The number of allylic oxidation sites excluding steroid dienone is 2. The lowest BCUT2D eigenvalue weighted by atomic mass is 9.78. The van der Waals surface area contributed by atoms with Crippen LogP contribution in [-0.4, -0.2) is 26.2 Å². The van der Waals surface area contributed by atoms with Gasteiger partial charge in [0.05, 0.1) is 12.6 Å². The Morgan fingerprint density at radius 1 is 1.38 bits per heavy atom. The Kier molecular flexibility index (Phi) is 4.83. The number of hydrogen-bond donors (Lipinski definition) is 2. The lowest BCUT2D eigenvalue weighted by molar-refractivity contribution is 0.0937. The molecule has 2 heterocycles. The lowest BCUT2D eigenvalue weighted by Gasteiger charge is -2.37. The Morgan fingerprint density at radius 2 is 2.27 bits per heavy atom. The largest absolute Gasteiger partial charge is 0.383 e. The fraction of sp³-hybridized carbons (Fsp3) is 0.381. The molecule has 1 amide bonds. The molecule has 1 aromatic heterocycles. The van der Waals surface area contributed by atoms with Crippen LogP contribution in [-0.2, 0) is 4.74 Å². The number of rotatable bonds is 5. The first kappa shape index (κ1) is 17.3. The minimum atomic E-state index is -0.0420. The maximum absolute atomic E-state index is 12.4. The molecule has 4 nitrogen and oxygen atoms in total. The number of ether oxygens (including phenoxy) is 1. The highest BCUT2D eigenvalue weighted by atomic mass is 32.1. The summed E-state index contributed by atoms with van der Waals surface area (Å²) in [7, 11) is 1.63. The Bertz CT molecular complexity index is 842. The average Bonchev–Trinajstić information content (AvgIpc) is 3.30. The van der Waals surface area contributed by atoms with Gasteiger partial charge in [0.15, 0.2) is 0 Å². The number of carbonyl (C=O) groups excluding carboxylic acids is 1. The van der Waals surface area contributed by atoms with Crippen molar-refractivity contribution in [2.24, 2.45) is 5.92 Å². The molecule has 2 aromatic rings. The molecule has 26 heavy (non-hydrogen) atoms. The topological polar surface area (TPSA) is 50.4 Å². The molecule has 1 aliphatic heterocycles. The van der Waals surface area contributed by atoms with E-state index in [-0.39, 0.29) is 5.91 Å². The van der Waals surface area contributed by atoms with Crippen molar-refractivity contribution in [2.45, 2.75) is 25.3 Å². The number of anilines is 1. The second-order valence-corrected chi connectivity index (χ2v) is 7.94. The summed E-state index contributed by atoms with van der Waals surface area (Å²) >= 11 is 1.83. The average molecular weight is 369 g/mol. The molecular weight excluding hydrogens is 344 g/mol. The molecule has 2 N–H and O–H groups in total. The lowest BCUT2D eigenvalue weighted by Crippen LogP contribution is -2.30. The van der Waals surface area contributed by atoms with Crippen LogP contribution in [0.2, 0.25) is 0 Å². The summed E-state index contributed by atoms with van der Waals surface area (Å²) in [5.41, 5.74) is 4.44. The van der Waals surface area contributed by atoms with E-state index in [4.69, 9.17) is 4.74 Å². The van der Waals surface area contributed by atoms with Gasteiger partial charge in [0.1, 0.15) is 0 Å². The first-order valence-corrected chi connectivity index (χ1v) is 9.95. The van der Waals surface area contributed by atoms with Gasteiger partial charge in [-0.25, -0.2) is 0 Å². The highest BCUT2D eigenvalue weighted by molar-refractivity contribution is 7.10. The number of amides is 1. The number of benzene rings is 1. The van der Waals surface area contributed by atoms with Crippen LogP contribution in [0.5, 0.6) is 0 Å². The van der Waals surface area contributed by atoms with E-state index in [9.17, 15) is 4.79 Å². The zero-order valence-corrected chi connectivity index (χ0v) is 15.9. The molecular formula is C21H24N2O2S. The fourth-order valence-electron chi connectivity index (χ4n) is 4.07. The minimum absolute atomic E-state index is 0.0420. The van der Waals surface area contributed by atoms with E-state index in [1.54, 1.807) is 7.11 Å². The second kappa shape index (κ2) is 7.25. The molecule has 3 atom stereocenters. The molecule has 136 valence electrons. The molecule has 0 saturated carbocycles. The molecule has 3 unspecified atom stereocenters. The van der Waals surface area contributed by atoms with E-state index in [2.05, 4.69) is 53.3 Å². The van der Waals surface area contributed by atoms with Crippen LogP contribution in [0.4, 0.5) is 5.69 Å². The quantitative estimate of drug-likeness (QED) is 0.612. The summed E-state index contributed by atoms with van der Waals surface area (Å²) in [4.78, 5) is 13.8. The van der Waals surface area contributed by atoms with E-state index in [0.717, 1.165) is 12.1 Å². The molecule has 0 fully saturated rings. The highest BCUT2D eigenvalue weighted by Gasteiger charge is 2.39. The third-order valence-corrected chi connectivity index (χ3v) is 6.50. The highest BCUT2D eigenvalue weighted by Crippen LogP contribution is 2.51. The molecule has 5 heteroatoms. The van der Waals surface area contributed by atoms with E-state index in [0.29, 0.717) is 36.6 Å². The predicted octanol–water partition coefficient (Wildman–Crippen LogP) is 4.26. The minimum Gasteiger partial charge on any atom is -0.383 e. The molecule has 1 aliphatic carbocycles. The van der Waals surface area contributed by atoms with Crippen LogP contribution in [0, 0.1) is 12.8 Å². The van der Waals surface area contributed by atoms with Gasteiger partial charge in [0.2, 0.25) is 0 Å². The molecule has 0 spiro atoms. The molecule has 0 bridgehead atoms.